The molecule has 5 nitrogen and oxygen atoms in total. The molecule has 1 atom stereocenters. The molecule has 2 aromatic rings. The second kappa shape index (κ2) is 7.24. The van der Waals surface area contributed by atoms with Crippen molar-refractivity contribution in [3.05, 3.63) is 54.1 Å². The first kappa shape index (κ1) is 17.9. The number of ether oxygens (including phenoxy) is 3. The van der Waals surface area contributed by atoms with Gasteiger partial charge in [0.05, 0.1) is 6.10 Å². The maximum absolute atomic E-state index is 13.0. The minimum atomic E-state index is -0.691. The number of benzene rings is 2. The van der Waals surface area contributed by atoms with Crippen LogP contribution in [0.15, 0.2) is 48.5 Å². The van der Waals surface area contributed by atoms with E-state index >= 15 is 0 Å². The fourth-order valence-electron chi connectivity index (χ4n) is 3.64. The van der Waals surface area contributed by atoms with Crippen LogP contribution in [0.1, 0.15) is 51.2 Å². The van der Waals surface area contributed by atoms with Gasteiger partial charge in [0, 0.05) is 25.6 Å². The van der Waals surface area contributed by atoms with Crippen LogP contribution in [0.2, 0.25) is 0 Å². The highest BCUT2D eigenvalue weighted by molar-refractivity contribution is 5.95. The summed E-state index contributed by atoms with van der Waals surface area (Å²) in [5, 5.41) is 2.97. The van der Waals surface area contributed by atoms with Gasteiger partial charge in [-0.1, -0.05) is 43.2 Å². The van der Waals surface area contributed by atoms with Crippen molar-refractivity contribution in [2.75, 3.05) is 5.32 Å². The zero-order valence-corrected chi connectivity index (χ0v) is 15.7. The molecule has 0 radical (unpaired) electrons. The summed E-state index contributed by atoms with van der Waals surface area (Å²) < 4.78 is 17.7. The van der Waals surface area contributed by atoms with Crippen LogP contribution in [0.25, 0.3) is 0 Å². The van der Waals surface area contributed by atoms with E-state index in [1.54, 1.807) is 6.07 Å². The molecule has 1 fully saturated rings. The molecular weight excluding hydrogens is 342 g/mol. The minimum absolute atomic E-state index is 0.138. The van der Waals surface area contributed by atoms with Gasteiger partial charge in [0.1, 0.15) is 0 Å². The summed E-state index contributed by atoms with van der Waals surface area (Å²) in [5.41, 5.74) is 1.53. The average Bonchev–Trinajstić information content (AvgIpc) is 3.25. The van der Waals surface area contributed by atoms with E-state index in [0.717, 1.165) is 31.2 Å². The third-order valence-corrected chi connectivity index (χ3v) is 4.89. The summed E-state index contributed by atoms with van der Waals surface area (Å²) >= 11 is 0. The molecule has 2 aromatic carbocycles. The van der Waals surface area contributed by atoms with Crippen molar-refractivity contribution in [2.24, 2.45) is 0 Å². The highest BCUT2D eigenvalue weighted by atomic mass is 16.7. The third kappa shape index (κ3) is 4.08. The molecule has 1 unspecified atom stereocenters. The highest BCUT2D eigenvalue weighted by Crippen LogP contribution is 2.41. The maximum atomic E-state index is 13.0. The summed E-state index contributed by atoms with van der Waals surface area (Å²) in [6.45, 7) is 3.71. The van der Waals surface area contributed by atoms with Crippen molar-refractivity contribution >= 4 is 11.6 Å². The van der Waals surface area contributed by atoms with E-state index in [-0.39, 0.29) is 12.0 Å². The average molecular weight is 367 g/mol. The first-order chi connectivity index (χ1) is 13.0. The quantitative estimate of drug-likeness (QED) is 0.822. The van der Waals surface area contributed by atoms with Gasteiger partial charge in [-0.15, -0.1) is 0 Å². The molecule has 1 amide bonds. The normalized spacial score (nSPS) is 19.0. The predicted octanol–water partition coefficient (Wildman–Crippen LogP) is 4.83. The molecule has 1 saturated carbocycles. The second-order valence-corrected chi connectivity index (χ2v) is 7.59. The Morgan fingerprint density at radius 3 is 2.52 bits per heavy atom. The number of carbonyl (C=O) groups is 1. The first-order valence-corrected chi connectivity index (χ1v) is 9.53. The monoisotopic (exact) mass is 367 g/mol. The minimum Gasteiger partial charge on any atom is -0.449 e. The molecule has 2 aliphatic rings. The number of anilines is 1. The molecule has 4 rings (SSSR count). The fraction of sp³-hybridized carbons (Fsp3) is 0.409. The van der Waals surface area contributed by atoms with Gasteiger partial charge in [-0.3, -0.25) is 4.79 Å². The number of rotatable bonds is 5. The molecule has 1 heterocycles. The molecule has 1 aliphatic carbocycles. The summed E-state index contributed by atoms with van der Waals surface area (Å²) in [5.74, 6) is 0.445. The van der Waals surface area contributed by atoms with Gasteiger partial charge in [-0.05, 0) is 30.5 Å². The van der Waals surface area contributed by atoms with Crippen LogP contribution in [0.5, 0.6) is 11.5 Å². The van der Waals surface area contributed by atoms with E-state index in [9.17, 15) is 4.79 Å². The number of amides is 1. The molecule has 1 N–H and O–H groups in total. The van der Waals surface area contributed by atoms with Gasteiger partial charge in [0.25, 0.3) is 5.91 Å². The van der Waals surface area contributed by atoms with Gasteiger partial charge in [-0.2, -0.15) is 0 Å². The Kier molecular flexibility index (Phi) is 4.79. The molecule has 27 heavy (non-hydrogen) atoms. The van der Waals surface area contributed by atoms with Crippen molar-refractivity contribution in [1.82, 2.24) is 0 Å². The van der Waals surface area contributed by atoms with Gasteiger partial charge < -0.3 is 19.5 Å². The van der Waals surface area contributed by atoms with Gasteiger partial charge in [0.2, 0.25) is 5.79 Å². The maximum Gasteiger partial charge on any atom is 0.258 e. The lowest BCUT2D eigenvalue weighted by atomic mass is 10.1. The second-order valence-electron chi connectivity index (χ2n) is 7.59. The lowest BCUT2D eigenvalue weighted by molar-refractivity contribution is -0.131. The predicted molar refractivity (Wildman–Crippen MR) is 103 cm³/mol. The largest absolute Gasteiger partial charge is 0.449 e. The van der Waals surface area contributed by atoms with E-state index < -0.39 is 11.9 Å². The Bertz CT molecular complexity index is 812. The summed E-state index contributed by atoms with van der Waals surface area (Å²) in [7, 11) is 0. The van der Waals surface area contributed by atoms with Crippen molar-refractivity contribution in [2.45, 2.75) is 57.5 Å². The Morgan fingerprint density at radius 2 is 1.78 bits per heavy atom. The van der Waals surface area contributed by atoms with E-state index in [1.165, 1.54) is 0 Å². The van der Waals surface area contributed by atoms with Crippen molar-refractivity contribution in [1.29, 1.82) is 0 Å². The highest BCUT2D eigenvalue weighted by Gasteiger charge is 2.32. The van der Waals surface area contributed by atoms with Crippen LogP contribution in [0, 0.1) is 0 Å². The Labute approximate surface area is 159 Å². The topological polar surface area (TPSA) is 56.8 Å². The molecule has 5 heteroatoms. The van der Waals surface area contributed by atoms with Crippen LogP contribution >= 0.6 is 0 Å². The van der Waals surface area contributed by atoms with Crippen LogP contribution in [-0.4, -0.2) is 17.8 Å². The SMILES string of the molecule is CC1(C)Oc2ccc(NC(=O)C(OC3CCCC3)c3ccccc3)cc2O1. The first-order valence-electron chi connectivity index (χ1n) is 9.53. The lowest BCUT2D eigenvalue weighted by Gasteiger charge is -2.22. The van der Waals surface area contributed by atoms with Crippen LogP contribution in [0.4, 0.5) is 5.69 Å². The fourth-order valence-corrected chi connectivity index (χ4v) is 3.64. The molecule has 0 aromatic heterocycles. The molecule has 1 aliphatic heterocycles. The zero-order chi connectivity index (χ0) is 18.9. The van der Waals surface area contributed by atoms with E-state index in [1.807, 2.05) is 56.3 Å². The van der Waals surface area contributed by atoms with E-state index in [4.69, 9.17) is 14.2 Å². The standard InChI is InChI=1S/C22H25NO4/c1-22(2)26-18-13-12-16(14-19(18)27-22)23-21(24)20(15-8-4-3-5-9-15)25-17-10-6-7-11-17/h3-5,8-9,12-14,17,20H,6-7,10-11H2,1-2H3,(H,23,24). The number of fused-ring (bicyclic) bond motifs is 1. The Balaban J connectivity index is 1.52. The number of carbonyl (C=O) groups excluding carboxylic acids is 1. The van der Waals surface area contributed by atoms with Crippen molar-refractivity contribution in [3.8, 4) is 11.5 Å². The van der Waals surface area contributed by atoms with Crippen LogP contribution in [0.3, 0.4) is 0 Å². The molecule has 142 valence electrons. The van der Waals surface area contributed by atoms with E-state index in [2.05, 4.69) is 5.32 Å². The van der Waals surface area contributed by atoms with Crippen molar-refractivity contribution < 1.29 is 19.0 Å². The Morgan fingerprint density at radius 1 is 1.07 bits per heavy atom. The summed E-state index contributed by atoms with van der Waals surface area (Å²) in [6, 6.07) is 15.1. The zero-order valence-electron chi connectivity index (χ0n) is 15.7. The molecule has 0 bridgehead atoms. The summed E-state index contributed by atoms with van der Waals surface area (Å²) in [4.78, 5) is 13.0. The Hall–Kier alpha value is -2.53. The van der Waals surface area contributed by atoms with Gasteiger partial charge in [0.15, 0.2) is 17.6 Å². The van der Waals surface area contributed by atoms with Crippen LogP contribution < -0.4 is 14.8 Å². The van der Waals surface area contributed by atoms with E-state index in [0.29, 0.717) is 17.2 Å². The van der Waals surface area contributed by atoms with Gasteiger partial charge >= 0.3 is 0 Å². The third-order valence-electron chi connectivity index (χ3n) is 4.89. The van der Waals surface area contributed by atoms with Crippen LogP contribution in [-0.2, 0) is 9.53 Å². The number of nitrogens with one attached hydrogen (secondary N) is 1. The lowest BCUT2D eigenvalue weighted by Crippen LogP contribution is -2.29. The molecule has 0 spiro atoms. The van der Waals surface area contributed by atoms with Gasteiger partial charge in [-0.25, -0.2) is 0 Å². The van der Waals surface area contributed by atoms with Crippen molar-refractivity contribution in [3.63, 3.8) is 0 Å². The summed E-state index contributed by atoms with van der Waals surface area (Å²) in [6.07, 6.45) is 3.85. The molecule has 0 saturated heterocycles. The number of hydrogen-bond donors (Lipinski definition) is 1. The smallest absolute Gasteiger partial charge is 0.258 e. The molecular formula is C22H25NO4. The number of hydrogen-bond acceptors (Lipinski definition) is 4.